The topological polar surface area (TPSA) is 121 Å². The first-order valence-electron chi connectivity index (χ1n) is 6.11. The van der Waals surface area contributed by atoms with Gasteiger partial charge in [0.1, 0.15) is 12.1 Å². The second-order valence-corrected chi connectivity index (χ2v) is 4.31. The standard InChI is InChI=1S/C14H12N6O/c15-6-12-13(7-16)20(9-18-12)8-11-4-2-1-3-10(11)5-14(21)19-17/h1-4,9H,5,8,17H2,(H,19,21). The summed E-state index contributed by atoms with van der Waals surface area (Å²) in [4.78, 5) is 15.3. The lowest BCUT2D eigenvalue weighted by Crippen LogP contribution is -2.31. The molecule has 7 nitrogen and oxygen atoms in total. The average Bonchev–Trinajstić information content (AvgIpc) is 2.90. The summed E-state index contributed by atoms with van der Waals surface area (Å²) in [5.41, 5.74) is 4.05. The Balaban J connectivity index is 2.33. The van der Waals surface area contributed by atoms with Gasteiger partial charge in [-0.1, -0.05) is 24.3 Å². The zero-order valence-corrected chi connectivity index (χ0v) is 11.1. The van der Waals surface area contributed by atoms with E-state index in [1.807, 2.05) is 36.4 Å². The average molecular weight is 280 g/mol. The highest BCUT2D eigenvalue weighted by molar-refractivity contribution is 5.78. The first-order valence-corrected chi connectivity index (χ1v) is 6.11. The summed E-state index contributed by atoms with van der Waals surface area (Å²) in [6.07, 6.45) is 1.59. The van der Waals surface area contributed by atoms with Gasteiger partial charge in [0.05, 0.1) is 19.3 Å². The second-order valence-electron chi connectivity index (χ2n) is 4.31. The van der Waals surface area contributed by atoms with E-state index in [0.717, 1.165) is 11.1 Å². The summed E-state index contributed by atoms with van der Waals surface area (Å²) in [6, 6.07) is 11.2. The Morgan fingerprint density at radius 2 is 2.00 bits per heavy atom. The van der Waals surface area contributed by atoms with Crippen LogP contribution in [0.2, 0.25) is 0 Å². The van der Waals surface area contributed by atoms with Gasteiger partial charge in [-0.3, -0.25) is 10.2 Å². The summed E-state index contributed by atoms with van der Waals surface area (Å²) in [5.74, 6) is 4.80. The zero-order chi connectivity index (χ0) is 15.2. The van der Waals surface area contributed by atoms with Gasteiger partial charge in [0.25, 0.3) is 0 Å². The molecule has 3 N–H and O–H groups in total. The Kier molecular flexibility index (Phi) is 4.30. The predicted molar refractivity (Wildman–Crippen MR) is 73.2 cm³/mol. The molecule has 21 heavy (non-hydrogen) atoms. The number of nitrogens with one attached hydrogen (secondary N) is 1. The van der Waals surface area contributed by atoms with Crippen molar-refractivity contribution in [1.29, 1.82) is 10.5 Å². The molecule has 0 spiro atoms. The number of amides is 1. The van der Waals surface area contributed by atoms with Crippen LogP contribution in [-0.2, 0) is 17.8 Å². The molecule has 0 radical (unpaired) electrons. The molecule has 1 heterocycles. The number of carbonyl (C=O) groups is 1. The Labute approximate surface area is 121 Å². The molecule has 0 saturated carbocycles. The number of hydrazine groups is 1. The molecule has 2 aromatic rings. The maximum atomic E-state index is 11.4. The SMILES string of the molecule is N#Cc1ncn(Cc2ccccc2CC(=O)NN)c1C#N. The summed E-state index contributed by atoms with van der Waals surface area (Å²) in [5, 5.41) is 18.0. The van der Waals surface area contributed by atoms with Gasteiger partial charge in [0.15, 0.2) is 11.4 Å². The van der Waals surface area contributed by atoms with Crippen molar-refractivity contribution in [2.24, 2.45) is 5.84 Å². The highest BCUT2D eigenvalue weighted by atomic mass is 16.2. The molecule has 0 saturated heterocycles. The number of benzene rings is 1. The maximum absolute atomic E-state index is 11.4. The molecule has 0 fully saturated rings. The number of nitrogens with two attached hydrogens (primary N) is 1. The van der Waals surface area contributed by atoms with Gasteiger partial charge >= 0.3 is 0 Å². The van der Waals surface area contributed by atoms with Gasteiger partial charge in [-0.2, -0.15) is 10.5 Å². The largest absolute Gasteiger partial charge is 0.317 e. The van der Waals surface area contributed by atoms with Crippen LogP contribution in [0.3, 0.4) is 0 Å². The first-order chi connectivity index (χ1) is 10.2. The minimum absolute atomic E-state index is 0.0923. The van der Waals surface area contributed by atoms with Gasteiger partial charge in [-0.05, 0) is 11.1 Å². The third kappa shape index (κ3) is 3.06. The Morgan fingerprint density at radius 1 is 1.29 bits per heavy atom. The van der Waals surface area contributed by atoms with Crippen LogP contribution in [0.1, 0.15) is 22.5 Å². The van der Waals surface area contributed by atoms with Crippen molar-refractivity contribution in [2.75, 3.05) is 0 Å². The monoisotopic (exact) mass is 280 g/mol. The van der Waals surface area contributed by atoms with Crippen molar-refractivity contribution >= 4 is 5.91 Å². The number of nitrogens with zero attached hydrogens (tertiary/aromatic N) is 4. The van der Waals surface area contributed by atoms with E-state index in [-0.39, 0.29) is 23.7 Å². The van der Waals surface area contributed by atoms with E-state index in [1.54, 1.807) is 4.57 Å². The smallest absolute Gasteiger partial charge is 0.238 e. The van der Waals surface area contributed by atoms with E-state index in [2.05, 4.69) is 10.4 Å². The third-order valence-corrected chi connectivity index (χ3v) is 3.02. The minimum atomic E-state index is -0.300. The van der Waals surface area contributed by atoms with Crippen molar-refractivity contribution in [3.63, 3.8) is 0 Å². The van der Waals surface area contributed by atoms with Crippen LogP contribution >= 0.6 is 0 Å². The summed E-state index contributed by atoms with van der Waals surface area (Å²) >= 11 is 0. The molecule has 1 aromatic heterocycles. The Bertz CT molecular complexity index is 750. The number of imidazole rings is 1. The highest BCUT2D eigenvalue weighted by Gasteiger charge is 2.12. The number of rotatable bonds is 4. The maximum Gasteiger partial charge on any atom is 0.238 e. The van der Waals surface area contributed by atoms with Crippen LogP contribution in [0.5, 0.6) is 0 Å². The molecule has 1 amide bonds. The quantitative estimate of drug-likeness (QED) is 0.471. The first kappa shape index (κ1) is 14.3. The Morgan fingerprint density at radius 3 is 2.62 bits per heavy atom. The third-order valence-electron chi connectivity index (χ3n) is 3.02. The van der Waals surface area contributed by atoms with Crippen molar-refractivity contribution < 1.29 is 4.79 Å². The second kappa shape index (κ2) is 6.33. The number of hydrogen-bond acceptors (Lipinski definition) is 5. The number of hydrogen-bond donors (Lipinski definition) is 2. The van der Waals surface area contributed by atoms with Crippen molar-refractivity contribution in [2.45, 2.75) is 13.0 Å². The van der Waals surface area contributed by atoms with E-state index in [1.165, 1.54) is 6.33 Å². The van der Waals surface area contributed by atoms with Crippen LogP contribution in [0.4, 0.5) is 0 Å². The number of aromatic nitrogens is 2. The molecule has 104 valence electrons. The van der Waals surface area contributed by atoms with Crippen molar-refractivity contribution in [1.82, 2.24) is 15.0 Å². The van der Waals surface area contributed by atoms with E-state index < -0.39 is 0 Å². The molecule has 1 aromatic carbocycles. The van der Waals surface area contributed by atoms with E-state index >= 15 is 0 Å². The zero-order valence-electron chi connectivity index (χ0n) is 11.1. The molecule has 0 aliphatic heterocycles. The molecule has 0 unspecified atom stereocenters. The van der Waals surface area contributed by atoms with Gasteiger partial charge < -0.3 is 4.57 Å². The van der Waals surface area contributed by atoms with Crippen molar-refractivity contribution in [3.05, 3.63) is 53.1 Å². The van der Waals surface area contributed by atoms with Crippen LogP contribution < -0.4 is 11.3 Å². The van der Waals surface area contributed by atoms with Crippen LogP contribution in [-0.4, -0.2) is 15.5 Å². The molecule has 0 aliphatic rings. The molecular weight excluding hydrogens is 268 g/mol. The van der Waals surface area contributed by atoms with E-state index in [0.29, 0.717) is 6.54 Å². The molecule has 0 atom stereocenters. The normalized spacial score (nSPS) is 9.67. The number of nitriles is 2. The Hall–Kier alpha value is -3.16. The number of carbonyl (C=O) groups excluding carboxylic acids is 1. The molecule has 0 aliphatic carbocycles. The lowest BCUT2D eigenvalue weighted by atomic mass is 10.0. The fourth-order valence-corrected chi connectivity index (χ4v) is 1.99. The molecular formula is C14H12N6O. The summed E-state index contributed by atoms with van der Waals surface area (Å²) in [7, 11) is 0. The van der Waals surface area contributed by atoms with Gasteiger partial charge in [0.2, 0.25) is 5.91 Å². The predicted octanol–water partition coefficient (Wildman–Crippen LogP) is 0.207. The van der Waals surface area contributed by atoms with Crippen LogP contribution in [0.25, 0.3) is 0 Å². The van der Waals surface area contributed by atoms with E-state index in [4.69, 9.17) is 16.4 Å². The van der Waals surface area contributed by atoms with Crippen molar-refractivity contribution in [3.8, 4) is 12.1 Å². The lowest BCUT2D eigenvalue weighted by molar-refractivity contribution is -0.120. The summed E-state index contributed by atoms with van der Waals surface area (Å²) in [6.45, 7) is 0.353. The fraction of sp³-hybridized carbons (Fsp3) is 0.143. The van der Waals surface area contributed by atoms with Gasteiger partial charge in [0, 0.05) is 0 Å². The van der Waals surface area contributed by atoms with Gasteiger partial charge in [-0.25, -0.2) is 10.8 Å². The lowest BCUT2D eigenvalue weighted by Gasteiger charge is -2.10. The molecule has 7 heteroatoms. The van der Waals surface area contributed by atoms with E-state index in [9.17, 15) is 4.79 Å². The van der Waals surface area contributed by atoms with Crippen LogP contribution in [0, 0.1) is 22.7 Å². The van der Waals surface area contributed by atoms with Gasteiger partial charge in [-0.15, -0.1) is 0 Å². The minimum Gasteiger partial charge on any atom is -0.317 e. The summed E-state index contributed by atoms with van der Waals surface area (Å²) < 4.78 is 1.58. The molecule has 2 rings (SSSR count). The highest BCUT2D eigenvalue weighted by Crippen LogP contribution is 2.14. The van der Waals surface area contributed by atoms with Crippen LogP contribution in [0.15, 0.2) is 30.6 Å². The fourth-order valence-electron chi connectivity index (χ4n) is 1.99. The molecule has 0 bridgehead atoms.